The molecule has 0 unspecified atom stereocenters. The Hall–Kier alpha value is -1.63. The van der Waals surface area contributed by atoms with Crippen molar-refractivity contribution in [2.45, 2.75) is 0 Å². The first-order valence-electron chi connectivity index (χ1n) is 11.0. The third-order valence-corrected chi connectivity index (χ3v) is 4.34. The number of carbonyl (C=O) groups is 8. The molecule has 0 heterocycles. The Labute approximate surface area is 304 Å². The topological polar surface area (TPSA) is 311 Å². The molecule has 0 rings (SSSR count). The van der Waals surface area contributed by atoms with Crippen molar-refractivity contribution in [2.24, 2.45) is 0 Å². The zero-order chi connectivity index (χ0) is 31.4. The molecule has 0 bridgehead atoms. The van der Waals surface area contributed by atoms with Crippen LogP contribution in [-0.2, 0) is 38.4 Å². The Bertz CT molecular complexity index is 721. The number of nitrogens with zero attached hydrogens (tertiary/aromatic N) is 4. The molecule has 0 fully saturated rings. The summed E-state index contributed by atoms with van der Waals surface area (Å²) in [6.07, 6.45) is 0. The van der Waals surface area contributed by atoms with Crippen LogP contribution in [-0.4, -0.2) is 269 Å². The molecule has 0 aliphatic rings. The molecule has 0 aromatic rings. The van der Waals surface area contributed by atoms with Crippen molar-refractivity contribution in [1.82, 2.24) is 19.6 Å². The molecule has 0 saturated carbocycles. The Morgan fingerprint density at radius 1 is 0.302 bits per heavy atom. The molecular formula is C20H36MgN4Na2O16. The second kappa shape index (κ2) is 29.1. The second-order valence-corrected chi connectivity index (χ2v) is 7.99. The quantitative estimate of drug-likeness (QED) is 0.0501. The summed E-state index contributed by atoms with van der Waals surface area (Å²) in [5.41, 5.74) is 0. The Kier molecular flexibility index (Phi) is 34.5. The van der Waals surface area contributed by atoms with E-state index < -0.39 is 100 Å². The van der Waals surface area contributed by atoms with E-state index in [2.05, 4.69) is 0 Å². The van der Waals surface area contributed by atoms with E-state index in [1.165, 1.54) is 0 Å². The molecule has 0 saturated heterocycles. The summed E-state index contributed by atoms with van der Waals surface area (Å²) >= 11 is 0. The van der Waals surface area contributed by atoms with E-state index in [1.807, 2.05) is 0 Å². The predicted molar refractivity (Wildman–Crippen MR) is 150 cm³/mol. The van der Waals surface area contributed by atoms with Crippen LogP contribution >= 0.6 is 0 Å². The Morgan fingerprint density at radius 2 is 0.395 bits per heavy atom. The summed E-state index contributed by atoms with van der Waals surface area (Å²) in [6.45, 7) is -4.50. The standard InChI is InChI=1S/2C10H16N2O8.Mg.2Na.4H/c2*13-7(14)3-11(4-8(15)16)1-2-12(5-9(17)18)6-10(19)20;;;;;;;/h2*1-6H2,(H,13,14)(H,15,16)(H,17,18)(H,19,20);;;;;;;. The van der Waals surface area contributed by atoms with Gasteiger partial charge in [-0.1, -0.05) is 0 Å². The van der Waals surface area contributed by atoms with E-state index >= 15 is 0 Å². The van der Waals surface area contributed by atoms with Gasteiger partial charge < -0.3 is 40.9 Å². The molecule has 0 aliphatic heterocycles. The van der Waals surface area contributed by atoms with E-state index in [0.717, 1.165) is 19.6 Å². The molecule has 0 spiro atoms. The van der Waals surface area contributed by atoms with Crippen LogP contribution in [0.4, 0.5) is 0 Å². The SMILES string of the molecule is O=C(O)CN(CCN(CC(=O)O)CC(=O)O)CC(=O)O.O=C(O)CN(CCN(CC(=O)O)CC(=O)O)CC(=O)O.[MgH2].[NaH].[NaH]. The minimum absolute atomic E-state index is 0. The van der Waals surface area contributed by atoms with Crippen molar-refractivity contribution in [3.05, 3.63) is 0 Å². The molecule has 20 nitrogen and oxygen atoms in total. The third kappa shape index (κ3) is 36.5. The summed E-state index contributed by atoms with van der Waals surface area (Å²) < 4.78 is 0. The first kappa shape index (κ1) is 51.0. The van der Waals surface area contributed by atoms with Crippen LogP contribution in [0.3, 0.4) is 0 Å². The van der Waals surface area contributed by atoms with Crippen molar-refractivity contribution in [2.75, 3.05) is 78.5 Å². The summed E-state index contributed by atoms with van der Waals surface area (Å²) in [4.78, 5) is 88.7. The van der Waals surface area contributed by atoms with Crippen molar-refractivity contribution in [1.29, 1.82) is 0 Å². The molecule has 8 N–H and O–H groups in total. The van der Waals surface area contributed by atoms with Gasteiger partial charge in [0.2, 0.25) is 0 Å². The van der Waals surface area contributed by atoms with Gasteiger partial charge in [0.25, 0.3) is 0 Å². The molecule has 0 aliphatic carbocycles. The Morgan fingerprint density at radius 3 is 0.465 bits per heavy atom. The van der Waals surface area contributed by atoms with Crippen LogP contribution < -0.4 is 0 Å². The number of hydrogen-bond acceptors (Lipinski definition) is 12. The van der Waals surface area contributed by atoms with Crippen LogP contribution in [0.15, 0.2) is 0 Å². The van der Waals surface area contributed by atoms with E-state index in [1.54, 1.807) is 0 Å². The third-order valence-electron chi connectivity index (χ3n) is 4.34. The summed E-state index contributed by atoms with van der Waals surface area (Å²) in [5.74, 6) is -9.82. The second-order valence-electron chi connectivity index (χ2n) is 7.99. The monoisotopic (exact) mass is 658 g/mol. The van der Waals surface area contributed by atoms with Crippen LogP contribution in [0.5, 0.6) is 0 Å². The molecule has 0 aromatic carbocycles. The molecule has 23 heteroatoms. The summed E-state index contributed by atoms with van der Waals surface area (Å²) in [7, 11) is 0. The predicted octanol–water partition coefficient (Wildman–Crippen LogP) is -6.36. The molecule has 0 atom stereocenters. The van der Waals surface area contributed by atoms with Gasteiger partial charge in [-0.2, -0.15) is 0 Å². The number of hydrogen-bond donors (Lipinski definition) is 8. The van der Waals surface area contributed by atoms with E-state index in [9.17, 15) is 38.4 Å². The van der Waals surface area contributed by atoms with Crippen molar-refractivity contribution in [3.63, 3.8) is 0 Å². The maximum absolute atomic E-state index is 10.6. The van der Waals surface area contributed by atoms with E-state index in [4.69, 9.17) is 40.9 Å². The fraction of sp³-hybridized carbons (Fsp3) is 0.600. The first-order chi connectivity index (χ1) is 18.4. The first-order valence-corrected chi connectivity index (χ1v) is 11.0. The van der Waals surface area contributed by atoms with Gasteiger partial charge in [-0.25, -0.2) is 0 Å². The van der Waals surface area contributed by atoms with Gasteiger partial charge in [-0.3, -0.25) is 58.0 Å². The maximum atomic E-state index is 10.6. The van der Waals surface area contributed by atoms with Crippen molar-refractivity contribution in [3.8, 4) is 0 Å². The number of carboxylic acid groups (broad SMARTS) is 8. The van der Waals surface area contributed by atoms with Gasteiger partial charge in [-0.05, 0) is 0 Å². The molecular weight excluding hydrogens is 623 g/mol. The molecule has 0 amide bonds. The summed E-state index contributed by atoms with van der Waals surface area (Å²) in [5, 5.41) is 68.9. The Balaban J connectivity index is -0.000000209. The van der Waals surface area contributed by atoms with E-state index in [0.29, 0.717) is 0 Å². The molecule has 43 heavy (non-hydrogen) atoms. The van der Waals surface area contributed by atoms with Gasteiger partial charge in [0, 0.05) is 26.2 Å². The van der Waals surface area contributed by atoms with Crippen LogP contribution in [0.25, 0.3) is 0 Å². The van der Waals surface area contributed by atoms with E-state index in [-0.39, 0.29) is 108 Å². The van der Waals surface area contributed by atoms with Crippen molar-refractivity contribution < 1.29 is 79.2 Å². The van der Waals surface area contributed by atoms with Gasteiger partial charge in [0.1, 0.15) is 0 Å². The van der Waals surface area contributed by atoms with Gasteiger partial charge in [-0.15, -0.1) is 0 Å². The zero-order valence-corrected chi connectivity index (χ0v) is 21.1. The molecule has 0 aromatic heterocycles. The minimum atomic E-state index is -1.23. The summed E-state index contributed by atoms with van der Waals surface area (Å²) in [6, 6.07) is 0. The molecule has 236 valence electrons. The van der Waals surface area contributed by atoms with Crippen molar-refractivity contribution >= 4 is 130 Å². The van der Waals surface area contributed by atoms with Crippen LogP contribution in [0.1, 0.15) is 0 Å². The average molecular weight is 659 g/mol. The normalized spacial score (nSPS) is 9.95. The fourth-order valence-electron chi connectivity index (χ4n) is 2.95. The fourth-order valence-corrected chi connectivity index (χ4v) is 2.95. The number of rotatable bonds is 22. The zero-order valence-electron chi connectivity index (χ0n) is 21.1. The van der Waals surface area contributed by atoms with Crippen LogP contribution in [0, 0.1) is 0 Å². The van der Waals surface area contributed by atoms with Crippen LogP contribution in [0.2, 0.25) is 0 Å². The van der Waals surface area contributed by atoms with Gasteiger partial charge in [0.15, 0.2) is 0 Å². The number of aliphatic carboxylic acids is 8. The van der Waals surface area contributed by atoms with Gasteiger partial charge in [0.05, 0.1) is 52.4 Å². The average Bonchev–Trinajstić information content (AvgIpc) is 2.72. The number of carboxylic acids is 8. The molecule has 0 radical (unpaired) electrons. The van der Waals surface area contributed by atoms with Gasteiger partial charge >= 0.3 is 130 Å².